The summed E-state index contributed by atoms with van der Waals surface area (Å²) in [5, 5.41) is 0. The number of nitrogens with two attached hydrogens (primary N) is 1. The fourth-order valence-corrected chi connectivity index (χ4v) is 1.89. The minimum Gasteiger partial charge on any atom is -0.336 e. The summed E-state index contributed by atoms with van der Waals surface area (Å²) in [6, 6.07) is 3.49. The summed E-state index contributed by atoms with van der Waals surface area (Å²) in [5.41, 5.74) is 5.63. The van der Waals surface area contributed by atoms with Crippen molar-refractivity contribution < 1.29 is 13.6 Å². The van der Waals surface area contributed by atoms with Crippen LogP contribution in [0.3, 0.4) is 0 Å². The predicted molar refractivity (Wildman–Crippen MR) is 64.1 cm³/mol. The monoisotopic (exact) mass is 254 g/mol. The highest BCUT2D eigenvalue weighted by Crippen LogP contribution is 2.28. The Labute approximate surface area is 105 Å². The molecule has 0 spiro atoms. The lowest BCUT2D eigenvalue weighted by molar-refractivity contribution is 0.0741. The molecule has 1 aliphatic carbocycles. The van der Waals surface area contributed by atoms with E-state index in [4.69, 9.17) is 5.73 Å². The lowest BCUT2D eigenvalue weighted by atomic mass is 10.1. The summed E-state index contributed by atoms with van der Waals surface area (Å²) in [6.07, 6.45) is 2.66. The van der Waals surface area contributed by atoms with Crippen LogP contribution in [0.2, 0.25) is 0 Å². The van der Waals surface area contributed by atoms with Crippen LogP contribution in [0.15, 0.2) is 18.2 Å². The second-order valence-corrected chi connectivity index (χ2v) is 4.50. The van der Waals surface area contributed by atoms with Gasteiger partial charge in [0.2, 0.25) is 0 Å². The minimum atomic E-state index is -0.990. The van der Waals surface area contributed by atoms with Gasteiger partial charge in [-0.2, -0.15) is 0 Å². The number of hydrogen-bond acceptors (Lipinski definition) is 2. The Balaban J connectivity index is 2.13. The molecule has 3 nitrogen and oxygen atoms in total. The van der Waals surface area contributed by atoms with Gasteiger partial charge in [0.1, 0.15) is 0 Å². The van der Waals surface area contributed by atoms with Crippen molar-refractivity contribution in [2.24, 2.45) is 5.73 Å². The Kier molecular flexibility index (Phi) is 3.91. The van der Waals surface area contributed by atoms with Crippen LogP contribution in [0.25, 0.3) is 0 Å². The molecule has 2 rings (SSSR count). The average Bonchev–Trinajstić information content (AvgIpc) is 3.17. The molecule has 5 heteroatoms. The van der Waals surface area contributed by atoms with Gasteiger partial charge in [-0.05, 0) is 44.0 Å². The fourth-order valence-electron chi connectivity index (χ4n) is 1.89. The van der Waals surface area contributed by atoms with Crippen LogP contribution in [-0.2, 0) is 0 Å². The normalized spacial score (nSPS) is 14.6. The first-order valence-electron chi connectivity index (χ1n) is 6.09. The number of halogens is 2. The molecule has 0 aromatic heterocycles. The van der Waals surface area contributed by atoms with E-state index in [1.165, 1.54) is 6.07 Å². The Hall–Kier alpha value is -1.49. The molecule has 1 saturated carbocycles. The van der Waals surface area contributed by atoms with E-state index >= 15 is 0 Å². The van der Waals surface area contributed by atoms with Gasteiger partial charge in [-0.1, -0.05) is 0 Å². The van der Waals surface area contributed by atoms with Crippen molar-refractivity contribution in [3.8, 4) is 0 Å². The lowest BCUT2D eigenvalue weighted by Crippen LogP contribution is -2.35. The van der Waals surface area contributed by atoms with E-state index < -0.39 is 11.6 Å². The maximum atomic E-state index is 13.1. The van der Waals surface area contributed by atoms with Crippen LogP contribution in [0, 0.1) is 11.6 Å². The highest BCUT2D eigenvalue weighted by molar-refractivity contribution is 5.94. The summed E-state index contributed by atoms with van der Waals surface area (Å²) >= 11 is 0. The van der Waals surface area contributed by atoms with Crippen LogP contribution in [0.4, 0.5) is 8.78 Å². The molecule has 0 aliphatic heterocycles. The summed E-state index contributed by atoms with van der Waals surface area (Å²) in [7, 11) is 0. The lowest BCUT2D eigenvalue weighted by Gasteiger charge is -2.22. The third-order valence-corrected chi connectivity index (χ3v) is 3.02. The highest BCUT2D eigenvalue weighted by atomic mass is 19.2. The molecule has 1 aromatic carbocycles. The Bertz CT molecular complexity index is 447. The van der Waals surface area contributed by atoms with E-state index in [-0.39, 0.29) is 17.5 Å². The van der Waals surface area contributed by atoms with Gasteiger partial charge in [0.05, 0.1) is 0 Å². The van der Waals surface area contributed by atoms with Crippen molar-refractivity contribution in [3.05, 3.63) is 35.4 Å². The molecule has 0 unspecified atom stereocenters. The van der Waals surface area contributed by atoms with E-state index in [0.717, 1.165) is 25.0 Å². The molecule has 1 amide bonds. The number of carbonyl (C=O) groups is 1. The van der Waals surface area contributed by atoms with Crippen molar-refractivity contribution in [2.75, 3.05) is 13.1 Å². The van der Waals surface area contributed by atoms with Gasteiger partial charge in [0, 0.05) is 18.2 Å². The Morgan fingerprint density at radius 1 is 1.33 bits per heavy atom. The van der Waals surface area contributed by atoms with Crippen LogP contribution in [0.5, 0.6) is 0 Å². The fraction of sp³-hybridized carbons (Fsp3) is 0.462. The molecule has 0 heterocycles. The van der Waals surface area contributed by atoms with Gasteiger partial charge in [-0.15, -0.1) is 0 Å². The third kappa shape index (κ3) is 2.85. The number of hydrogen-bond donors (Lipinski definition) is 1. The standard InChI is InChI=1S/C13H16F2N2O/c14-11-5-2-9(8-12(11)15)13(18)17(7-1-6-16)10-3-4-10/h2,5,8,10H,1,3-4,6-7,16H2. The van der Waals surface area contributed by atoms with Gasteiger partial charge in [0.15, 0.2) is 11.6 Å². The van der Waals surface area contributed by atoms with E-state index in [1.807, 2.05) is 0 Å². The first-order chi connectivity index (χ1) is 8.63. The van der Waals surface area contributed by atoms with Crippen molar-refractivity contribution in [2.45, 2.75) is 25.3 Å². The van der Waals surface area contributed by atoms with E-state index in [9.17, 15) is 13.6 Å². The first-order valence-corrected chi connectivity index (χ1v) is 6.09. The second-order valence-electron chi connectivity index (χ2n) is 4.50. The summed E-state index contributed by atoms with van der Waals surface area (Å²) < 4.78 is 25.9. The van der Waals surface area contributed by atoms with Gasteiger partial charge in [0.25, 0.3) is 5.91 Å². The third-order valence-electron chi connectivity index (χ3n) is 3.02. The average molecular weight is 254 g/mol. The van der Waals surface area contributed by atoms with Crippen LogP contribution >= 0.6 is 0 Å². The van der Waals surface area contributed by atoms with Gasteiger partial charge < -0.3 is 10.6 Å². The molecular formula is C13H16F2N2O. The number of amides is 1. The highest BCUT2D eigenvalue weighted by Gasteiger charge is 2.32. The number of benzene rings is 1. The van der Waals surface area contributed by atoms with Crippen LogP contribution in [0.1, 0.15) is 29.6 Å². The molecule has 18 heavy (non-hydrogen) atoms. The van der Waals surface area contributed by atoms with Crippen LogP contribution in [-0.4, -0.2) is 29.9 Å². The molecular weight excluding hydrogens is 238 g/mol. The Morgan fingerprint density at radius 2 is 2.06 bits per heavy atom. The summed E-state index contributed by atoms with van der Waals surface area (Å²) in [5.74, 6) is -2.17. The molecule has 1 aliphatic rings. The molecule has 0 radical (unpaired) electrons. The minimum absolute atomic E-state index is 0.192. The quantitative estimate of drug-likeness (QED) is 0.872. The van der Waals surface area contributed by atoms with Gasteiger partial charge in [-0.25, -0.2) is 8.78 Å². The van der Waals surface area contributed by atoms with Crippen molar-refractivity contribution in [1.82, 2.24) is 4.90 Å². The molecule has 0 saturated heterocycles. The second kappa shape index (κ2) is 5.44. The largest absolute Gasteiger partial charge is 0.336 e. The molecule has 0 bridgehead atoms. The van der Waals surface area contributed by atoms with E-state index in [1.54, 1.807) is 4.90 Å². The molecule has 98 valence electrons. The van der Waals surface area contributed by atoms with Crippen molar-refractivity contribution >= 4 is 5.91 Å². The number of carbonyl (C=O) groups excluding carboxylic acids is 1. The zero-order valence-corrected chi connectivity index (χ0v) is 10.0. The molecule has 2 N–H and O–H groups in total. The predicted octanol–water partition coefficient (Wildman–Crippen LogP) is 1.92. The topological polar surface area (TPSA) is 46.3 Å². The molecule has 1 aromatic rings. The maximum absolute atomic E-state index is 13.1. The maximum Gasteiger partial charge on any atom is 0.254 e. The first kappa shape index (κ1) is 13.0. The Morgan fingerprint density at radius 3 is 2.61 bits per heavy atom. The summed E-state index contributed by atoms with van der Waals surface area (Å²) in [6.45, 7) is 1.08. The van der Waals surface area contributed by atoms with E-state index in [2.05, 4.69) is 0 Å². The zero-order valence-electron chi connectivity index (χ0n) is 10.0. The molecule has 0 atom stereocenters. The van der Waals surface area contributed by atoms with E-state index in [0.29, 0.717) is 19.5 Å². The number of rotatable bonds is 5. The van der Waals surface area contributed by atoms with Crippen molar-refractivity contribution in [3.63, 3.8) is 0 Å². The van der Waals surface area contributed by atoms with Gasteiger partial charge in [-0.3, -0.25) is 4.79 Å². The van der Waals surface area contributed by atoms with Crippen molar-refractivity contribution in [1.29, 1.82) is 0 Å². The zero-order chi connectivity index (χ0) is 13.1. The number of nitrogens with zero attached hydrogens (tertiary/aromatic N) is 1. The SMILES string of the molecule is NCCCN(C(=O)c1ccc(F)c(F)c1)C1CC1. The van der Waals surface area contributed by atoms with Crippen LogP contribution < -0.4 is 5.73 Å². The van der Waals surface area contributed by atoms with Gasteiger partial charge >= 0.3 is 0 Å². The smallest absolute Gasteiger partial charge is 0.254 e. The summed E-state index contributed by atoms with van der Waals surface area (Å²) in [4.78, 5) is 13.9. The molecule has 1 fully saturated rings.